The first-order valence-corrected chi connectivity index (χ1v) is 9.76. The van der Waals surface area contributed by atoms with Crippen LogP contribution in [0.1, 0.15) is 4.88 Å². The zero-order valence-corrected chi connectivity index (χ0v) is 15.9. The van der Waals surface area contributed by atoms with E-state index in [0.29, 0.717) is 18.8 Å². The summed E-state index contributed by atoms with van der Waals surface area (Å²) in [5.74, 6) is 0. The van der Waals surface area contributed by atoms with E-state index in [2.05, 4.69) is 34.3 Å². The summed E-state index contributed by atoms with van der Waals surface area (Å²) in [6, 6.07) is 13.8. The van der Waals surface area contributed by atoms with E-state index >= 15 is 0 Å². The Hall–Kier alpha value is -2.93. The van der Waals surface area contributed by atoms with E-state index in [-0.39, 0.29) is 6.03 Å². The standard InChI is InChI=1S/C20H21N5OS/c1-15-18(16-6-3-2-4-7-16)23-20(27-15)25-12-10-24(11-13-25)19(26)22-17-8-5-9-21-14-17/h2-9,14H,10-13H2,1H3,(H,22,26). The molecule has 0 atom stereocenters. The largest absolute Gasteiger partial charge is 0.345 e. The highest BCUT2D eigenvalue weighted by atomic mass is 32.1. The molecule has 138 valence electrons. The summed E-state index contributed by atoms with van der Waals surface area (Å²) < 4.78 is 0. The highest BCUT2D eigenvalue weighted by Crippen LogP contribution is 2.32. The molecule has 1 fully saturated rings. The average molecular weight is 379 g/mol. The third-order valence-corrected chi connectivity index (χ3v) is 5.61. The molecule has 27 heavy (non-hydrogen) atoms. The second kappa shape index (κ2) is 7.75. The van der Waals surface area contributed by atoms with Gasteiger partial charge in [-0.2, -0.15) is 0 Å². The van der Waals surface area contributed by atoms with Crippen molar-refractivity contribution in [2.24, 2.45) is 0 Å². The maximum Gasteiger partial charge on any atom is 0.322 e. The lowest BCUT2D eigenvalue weighted by atomic mass is 10.1. The van der Waals surface area contributed by atoms with Crippen LogP contribution in [0.4, 0.5) is 15.6 Å². The lowest BCUT2D eigenvalue weighted by Crippen LogP contribution is -2.50. The van der Waals surface area contributed by atoms with Crippen LogP contribution in [0.15, 0.2) is 54.9 Å². The summed E-state index contributed by atoms with van der Waals surface area (Å²) in [6.07, 6.45) is 3.34. The third-order valence-electron chi connectivity index (χ3n) is 4.58. The maximum atomic E-state index is 12.4. The summed E-state index contributed by atoms with van der Waals surface area (Å²) in [6.45, 7) is 5.02. The van der Waals surface area contributed by atoms with Crippen molar-refractivity contribution in [3.8, 4) is 11.3 Å². The molecule has 1 aromatic carbocycles. The minimum absolute atomic E-state index is 0.0806. The van der Waals surface area contributed by atoms with Crippen molar-refractivity contribution in [1.29, 1.82) is 0 Å². The number of hydrogen-bond donors (Lipinski definition) is 1. The number of nitrogens with zero attached hydrogens (tertiary/aromatic N) is 4. The number of aromatic nitrogens is 2. The van der Waals surface area contributed by atoms with Crippen LogP contribution >= 0.6 is 11.3 Å². The van der Waals surface area contributed by atoms with Gasteiger partial charge in [-0.05, 0) is 19.1 Å². The number of carbonyl (C=O) groups excluding carboxylic acids is 1. The Kier molecular flexibility index (Phi) is 5.02. The summed E-state index contributed by atoms with van der Waals surface area (Å²) in [5, 5.41) is 3.92. The zero-order valence-electron chi connectivity index (χ0n) is 15.1. The van der Waals surface area contributed by atoms with Crippen LogP contribution in [0.5, 0.6) is 0 Å². The van der Waals surface area contributed by atoms with Gasteiger partial charge in [0.15, 0.2) is 5.13 Å². The number of pyridine rings is 1. The van der Waals surface area contributed by atoms with E-state index in [0.717, 1.165) is 29.5 Å². The maximum absolute atomic E-state index is 12.4. The number of carbonyl (C=O) groups is 1. The molecule has 1 saturated heterocycles. The van der Waals surface area contributed by atoms with Crippen molar-refractivity contribution in [2.45, 2.75) is 6.92 Å². The topological polar surface area (TPSA) is 61.4 Å². The van der Waals surface area contributed by atoms with E-state index < -0.39 is 0 Å². The molecule has 3 aromatic rings. The van der Waals surface area contributed by atoms with Gasteiger partial charge < -0.3 is 15.1 Å². The van der Waals surface area contributed by atoms with Gasteiger partial charge in [0.05, 0.1) is 17.6 Å². The summed E-state index contributed by atoms with van der Waals surface area (Å²) in [5.41, 5.74) is 2.91. The Balaban J connectivity index is 1.39. The van der Waals surface area contributed by atoms with Gasteiger partial charge in [-0.1, -0.05) is 30.3 Å². The van der Waals surface area contributed by atoms with Crippen LogP contribution in [0.25, 0.3) is 11.3 Å². The van der Waals surface area contributed by atoms with Gasteiger partial charge in [0.1, 0.15) is 0 Å². The first-order valence-electron chi connectivity index (χ1n) is 8.94. The fraction of sp³-hybridized carbons (Fsp3) is 0.250. The number of benzene rings is 1. The predicted octanol–water partition coefficient (Wildman–Crippen LogP) is 3.87. The van der Waals surface area contributed by atoms with Crippen molar-refractivity contribution in [2.75, 3.05) is 36.4 Å². The van der Waals surface area contributed by atoms with Crippen molar-refractivity contribution >= 4 is 28.2 Å². The molecule has 7 heteroatoms. The molecule has 6 nitrogen and oxygen atoms in total. The Morgan fingerprint density at radius 2 is 1.85 bits per heavy atom. The Morgan fingerprint density at radius 3 is 2.56 bits per heavy atom. The fourth-order valence-electron chi connectivity index (χ4n) is 3.12. The zero-order chi connectivity index (χ0) is 18.6. The van der Waals surface area contributed by atoms with E-state index in [1.165, 1.54) is 4.88 Å². The van der Waals surface area contributed by atoms with Gasteiger partial charge in [0.25, 0.3) is 0 Å². The molecule has 0 aliphatic carbocycles. The van der Waals surface area contributed by atoms with Crippen LogP contribution in [-0.4, -0.2) is 47.1 Å². The van der Waals surface area contributed by atoms with Crippen molar-refractivity contribution < 1.29 is 4.79 Å². The van der Waals surface area contributed by atoms with E-state index in [4.69, 9.17) is 4.98 Å². The number of nitrogens with one attached hydrogen (secondary N) is 1. The number of anilines is 2. The van der Waals surface area contributed by atoms with Gasteiger partial charge in [0, 0.05) is 42.8 Å². The Labute approximate surface area is 162 Å². The molecule has 4 rings (SSSR count). The third kappa shape index (κ3) is 3.93. The van der Waals surface area contributed by atoms with Crippen molar-refractivity contribution in [1.82, 2.24) is 14.9 Å². The van der Waals surface area contributed by atoms with Crippen LogP contribution in [0.2, 0.25) is 0 Å². The average Bonchev–Trinajstić information content (AvgIpc) is 3.11. The van der Waals surface area contributed by atoms with E-state index in [1.807, 2.05) is 35.2 Å². The molecular formula is C20H21N5OS. The first kappa shape index (κ1) is 17.5. The number of rotatable bonds is 3. The van der Waals surface area contributed by atoms with Crippen molar-refractivity contribution in [3.05, 3.63) is 59.7 Å². The molecular weight excluding hydrogens is 358 g/mol. The van der Waals surface area contributed by atoms with Gasteiger partial charge in [-0.3, -0.25) is 4.98 Å². The molecule has 2 aromatic heterocycles. The minimum atomic E-state index is -0.0806. The van der Waals surface area contributed by atoms with Crippen LogP contribution < -0.4 is 10.2 Å². The lowest BCUT2D eigenvalue weighted by molar-refractivity contribution is 0.208. The quantitative estimate of drug-likeness (QED) is 0.750. The second-order valence-corrected chi connectivity index (χ2v) is 7.59. The molecule has 0 unspecified atom stereocenters. The Bertz CT molecular complexity index is 905. The van der Waals surface area contributed by atoms with Crippen LogP contribution in [0, 0.1) is 6.92 Å². The number of piperazine rings is 1. The second-order valence-electron chi connectivity index (χ2n) is 6.41. The fourth-order valence-corrected chi connectivity index (χ4v) is 4.10. The lowest BCUT2D eigenvalue weighted by Gasteiger charge is -2.34. The van der Waals surface area contributed by atoms with E-state index in [1.54, 1.807) is 23.7 Å². The number of amides is 2. The smallest absolute Gasteiger partial charge is 0.322 e. The normalized spacial score (nSPS) is 14.3. The number of urea groups is 1. The predicted molar refractivity (Wildman–Crippen MR) is 109 cm³/mol. The van der Waals surface area contributed by atoms with Crippen molar-refractivity contribution in [3.63, 3.8) is 0 Å². The van der Waals surface area contributed by atoms with E-state index in [9.17, 15) is 4.79 Å². The number of aryl methyl sites for hydroxylation is 1. The highest BCUT2D eigenvalue weighted by Gasteiger charge is 2.24. The molecule has 0 bridgehead atoms. The molecule has 1 aliphatic rings. The monoisotopic (exact) mass is 379 g/mol. The Morgan fingerprint density at radius 1 is 1.07 bits per heavy atom. The molecule has 1 aliphatic heterocycles. The SMILES string of the molecule is Cc1sc(N2CCN(C(=O)Nc3cccnc3)CC2)nc1-c1ccccc1. The number of hydrogen-bond acceptors (Lipinski definition) is 5. The summed E-state index contributed by atoms with van der Waals surface area (Å²) >= 11 is 1.72. The van der Waals surface area contributed by atoms with Gasteiger partial charge >= 0.3 is 6.03 Å². The van der Waals surface area contributed by atoms with Gasteiger partial charge in [-0.25, -0.2) is 9.78 Å². The molecule has 3 heterocycles. The minimum Gasteiger partial charge on any atom is -0.345 e. The summed E-state index contributed by atoms with van der Waals surface area (Å²) in [7, 11) is 0. The highest BCUT2D eigenvalue weighted by molar-refractivity contribution is 7.16. The van der Waals surface area contributed by atoms with Crippen LogP contribution in [0.3, 0.4) is 0 Å². The molecule has 0 spiro atoms. The molecule has 1 N–H and O–H groups in total. The molecule has 2 amide bonds. The molecule has 0 radical (unpaired) electrons. The van der Waals surface area contributed by atoms with Gasteiger partial charge in [0.2, 0.25) is 0 Å². The van der Waals surface area contributed by atoms with Gasteiger partial charge in [-0.15, -0.1) is 11.3 Å². The number of thiazole rings is 1. The first-order chi connectivity index (χ1) is 13.2. The summed E-state index contributed by atoms with van der Waals surface area (Å²) in [4.78, 5) is 26.6. The molecule has 0 saturated carbocycles. The van der Waals surface area contributed by atoms with Crippen LogP contribution in [-0.2, 0) is 0 Å².